The van der Waals surface area contributed by atoms with Crippen molar-refractivity contribution >= 4 is 28.6 Å². The number of ether oxygens (including phenoxy) is 1. The summed E-state index contributed by atoms with van der Waals surface area (Å²) in [5.74, 6) is -0.632. The molecule has 1 aromatic carbocycles. The van der Waals surface area contributed by atoms with Gasteiger partial charge >= 0.3 is 12.0 Å². The number of aryl methyl sites for hydroxylation is 1. The monoisotopic (exact) mass is 329 g/mol. The Kier molecular flexibility index (Phi) is 4.46. The van der Waals surface area contributed by atoms with E-state index >= 15 is 0 Å². The van der Waals surface area contributed by atoms with Gasteiger partial charge in [-0.25, -0.2) is 4.79 Å². The fourth-order valence-corrected chi connectivity index (χ4v) is 2.95. The van der Waals surface area contributed by atoms with E-state index in [2.05, 4.69) is 5.32 Å². The second kappa shape index (κ2) is 6.55. The quantitative estimate of drug-likeness (QED) is 0.858. The van der Waals surface area contributed by atoms with Crippen LogP contribution >= 0.6 is 0 Å². The van der Waals surface area contributed by atoms with Gasteiger partial charge in [-0.3, -0.25) is 4.79 Å². The van der Waals surface area contributed by atoms with Crippen LogP contribution in [0.25, 0.3) is 10.9 Å². The van der Waals surface area contributed by atoms with E-state index in [1.165, 1.54) is 7.11 Å². The minimum Gasteiger partial charge on any atom is -0.469 e. The van der Waals surface area contributed by atoms with Crippen LogP contribution in [-0.2, 0) is 16.6 Å². The fraction of sp³-hybridized carbons (Fsp3) is 0.444. The molecule has 0 radical (unpaired) electrons. The number of fused-ring (bicyclic) bond motifs is 1. The van der Waals surface area contributed by atoms with Crippen molar-refractivity contribution in [1.29, 1.82) is 0 Å². The van der Waals surface area contributed by atoms with Gasteiger partial charge in [-0.15, -0.1) is 0 Å². The fourth-order valence-electron chi connectivity index (χ4n) is 2.95. The summed E-state index contributed by atoms with van der Waals surface area (Å²) >= 11 is 0. The lowest BCUT2D eigenvalue weighted by Gasteiger charge is -2.25. The number of benzene rings is 1. The highest BCUT2D eigenvalue weighted by atomic mass is 16.5. The summed E-state index contributed by atoms with van der Waals surface area (Å²) in [7, 11) is 3.35. The molecule has 24 heavy (non-hydrogen) atoms. The van der Waals surface area contributed by atoms with Crippen LogP contribution < -0.4 is 5.32 Å². The molecule has 6 heteroatoms. The van der Waals surface area contributed by atoms with Crippen LogP contribution in [-0.4, -0.2) is 41.2 Å². The normalized spacial score (nSPS) is 15.1. The maximum Gasteiger partial charge on any atom is 0.322 e. The first-order valence-corrected chi connectivity index (χ1v) is 8.20. The lowest BCUT2D eigenvalue weighted by molar-refractivity contribution is -0.145. The molecule has 0 bridgehead atoms. The van der Waals surface area contributed by atoms with Crippen molar-refractivity contribution in [2.24, 2.45) is 13.0 Å². The van der Waals surface area contributed by atoms with E-state index in [-0.39, 0.29) is 24.0 Å². The van der Waals surface area contributed by atoms with Crippen molar-refractivity contribution in [3.63, 3.8) is 0 Å². The van der Waals surface area contributed by atoms with Crippen LogP contribution in [0.2, 0.25) is 0 Å². The number of aromatic nitrogens is 1. The Hall–Kier alpha value is -2.50. The molecule has 1 aromatic heterocycles. The minimum absolute atomic E-state index is 0.162. The van der Waals surface area contributed by atoms with Gasteiger partial charge in [0.25, 0.3) is 0 Å². The van der Waals surface area contributed by atoms with Gasteiger partial charge in [0.05, 0.1) is 18.7 Å². The highest BCUT2D eigenvalue weighted by Gasteiger charge is 2.35. The lowest BCUT2D eigenvalue weighted by atomic mass is 10.1. The van der Waals surface area contributed by atoms with E-state index in [4.69, 9.17) is 4.74 Å². The molecule has 1 saturated carbocycles. The molecular formula is C18H23N3O3. The molecule has 1 N–H and O–H groups in total. The summed E-state index contributed by atoms with van der Waals surface area (Å²) in [6, 6.07) is 7.88. The number of nitrogens with one attached hydrogen (secondary N) is 1. The molecule has 128 valence electrons. The van der Waals surface area contributed by atoms with Crippen molar-refractivity contribution in [1.82, 2.24) is 9.47 Å². The van der Waals surface area contributed by atoms with Crippen molar-refractivity contribution in [2.75, 3.05) is 19.0 Å². The molecule has 6 nitrogen and oxygen atoms in total. The van der Waals surface area contributed by atoms with E-state index in [9.17, 15) is 9.59 Å². The smallest absolute Gasteiger partial charge is 0.322 e. The molecule has 1 fully saturated rings. The highest BCUT2D eigenvalue weighted by Crippen LogP contribution is 2.30. The molecule has 0 saturated heterocycles. The number of anilines is 1. The zero-order valence-corrected chi connectivity index (χ0v) is 14.3. The van der Waals surface area contributed by atoms with E-state index in [1.54, 1.807) is 11.8 Å². The Bertz CT molecular complexity index is 764. The second-order valence-corrected chi connectivity index (χ2v) is 6.40. The van der Waals surface area contributed by atoms with Gasteiger partial charge in [-0.2, -0.15) is 0 Å². The summed E-state index contributed by atoms with van der Waals surface area (Å²) in [4.78, 5) is 26.2. The standard InChI is InChI=1S/C18H23N3O3/c1-12(17(22)24-3)11-21(13-7-8-13)18(23)19-15-5-4-6-16-14(15)9-10-20(16)2/h4-6,9-10,12-13H,7-8,11H2,1-3H3,(H,19,23). The van der Waals surface area contributed by atoms with Crippen LogP contribution in [0.1, 0.15) is 19.8 Å². The van der Waals surface area contributed by atoms with E-state index in [0.717, 1.165) is 29.4 Å². The van der Waals surface area contributed by atoms with Crippen LogP contribution in [0.4, 0.5) is 10.5 Å². The highest BCUT2D eigenvalue weighted by molar-refractivity contribution is 6.01. The Morgan fingerprint density at radius 3 is 2.79 bits per heavy atom. The molecule has 1 atom stereocenters. The third kappa shape index (κ3) is 3.22. The Balaban J connectivity index is 1.77. The van der Waals surface area contributed by atoms with Gasteiger partial charge in [0, 0.05) is 36.7 Å². The van der Waals surface area contributed by atoms with Gasteiger partial charge < -0.3 is 19.5 Å². The molecular weight excluding hydrogens is 306 g/mol. The molecule has 2 amide bonds. The number of methoxy groups -OCH3 is 1. The number of hydrogen-bond acceptors (Lipinski definition) is 3. The Morgan fingerprint density at radius 1 is 1.38 bits per heavy atom. The van der Waals surface area contributed by atoms with Crippen LogP contribution in [0.15, 0.2) is 30.5 Å². The summed E-state index contributed by atoms with van der Waals surface area (Å²) in [5.41, 5.74) is 1.85. The average Bonchev–Trinajstić information content (AvgIpc) is 3.35. The number of carbonyl (C=O) groups excluding carboxylic acids is 2. The van der Waals surface area contributed by atoms with Gasteiger partial charge in [0.1, 0.15) is 0 Å². The molecule has 0 aliphatic heterocycles. The number of hydrogen-bond donors (Lipinski definition) is 1. The number of carbonyl (C=O) groups is 2. The zero-order valence-electron chi connectivity index (χ0n) is 14.3. The predicted octanol–water partition coefficient (Wildman–Crippen LogP) is 2.98. The SMILES string of the molecule is COC(=O)C(C)CN(C(=O)Nc1cccc2c1ccn2C)C1CC1. The van der Waals surface area contributed by atoms with Crippen molar-refractivity contribution in [3.8, 4) is 0 Å². The zero-order chi connectivity index (χ0) is 17.3. The minimum atomic E-state index is -0.339. The molecule has 1 heterocycles. The van der Waals surface area contributed by atoms with Crippen molar-refractivity contribution in [3.05, 3.63) is 30.5 Å². The van der Waals surface area contributed by atoms with Gasteiger partial charge in [0.2, 0.25) is 0 Å². The van der Waals surface area contributed by atoms with Gasteiger partial charge in [0.15, 0.2) is 0 Å². The number of urea groups is 1. The first kappa shape index (κ1) is 16.4. The number of nitrogens with zero attached hydrogens (tertiary/aromatic N) is 2. The summed E-state index contributed by atoms with van der Waals surface area (Å²) in [6.45, 7) is 2.15. The number of amides is 2. The van der Waals surface area contributed by atoms with Crippen molar-refractivity contribution < 1.29 is 14.3 Å². The number of esters is 1. The summed E-state index contributed by atoms with van der Waals surface area (Å²) < 4.78 is 6.79. The van der Waals surface area contributed by atoms with E-state index < -0.39 is 0 Å². The van der Waals surface area contributed by atoms with E-state index in [0.29, 0.717) is 6.54 Å². The van der Waals surface area contributed by atoms with Gasteiger partial charge in [-0.05, 0) is 31.0 Å². The Morgan fingerprint density at radius 2 is 2.12 bits per heavy atom. The largest absolute Gasteiger partial charge is 0.469 e. The van der Waals surface area contributed by atoms with Crippen LogP contribution in [0, 0.1) is 5.92 Å². The van der Waals surface area contributed by atoms with E-state index in [1.807, 2.05) is 42.1 Å². The lowest BCUT2D eigenvalue weighted by Crippen LogP contribution is -2.41. The van der Waals surface area contributed by atoms with Crippen LogP contribution in [0.5, 0.6) is 0 Å². The topological polar surface area (TPSA) is 63.6 Å². The van der Waals surface area contributed by atoms with Crippen LogP contribution in [0.3, 0.4) is 0 Å². The van der Waals surface area contributed by atoms with Crippen molar-refractivity contribution in [2.45, 2.75) is 25.8 Å². The maximum absolute atomic E-state index is 12.7. The third-order valence-corrected chi connectivity index (χ3v) is 4.49. The summed E-state index contributed by atoms with van der Waals surface area (Å²) in [6.07, 6.45) is 3.94. The average molecular weight is 329 g/mol. The summed E-state index contributed by atoms with van der Waals surface area (Å²) in [5, 5.41) is 4.01. The van der Waals surface area contributed by atoms with Gasteiger partial charge in [-0.1, -0.05) is 13.0 Å². The molecule has 1 unspecified atom stereocenters. The maximum atomic E-state index is 12.7. The molecule has 3 rings (SSSR count). The second-order valence-electron chi connectivity index (χ2n) is 6.40. The third-order valence-electron chi connectivity index (χ3n) is 4.49. The first-order valence-electron chi connectivity index (χ1n) is 8.20. The molecule has 2 aromatic rings. The predicted molar refractivity (Wildman–Crippen MR) is 92.8 cm³/mol. The first-order chi connectivity index (χ1) is 11.5. The Labute approximate surface area is 141 Å². The molecule has 1 aliphatic rings. The molecule has 1 aliphatic carbocycles. The number of rotatable bonds is 5. The molecule has 0 spiro atoms.